The van der Waals surface area contributed by atoms with Crippen LogP contribution in [0.5, 0.6) is 0 Å². The Kier molecular flexibility index (Phi) is 4.11. The normalized spacial score (nSPS) is 21.9. The molecule has 0 radical (unpaired) electrons. The Labute approximate surface area is 105 Å². The lowest BCUT2D eigenvalue weighted by atomic mass is 9.91. The van der Waals surface area contributed by atoms with Gasteiger partial charge in [0.15, 0.2) is 0 Å². The second kappa shape index (κ2) is 5.58. The average molecular weight is 235 g/mol. The molecule has 2 N–H and O–H groups in total. The van der Waals surface area contributed by atoms with Gasteiger partial charge in [-0.1, -0.05) is 19.4 Å². The molecular formula is C14H25N3. The van der Waals surface area contributed by atoms with E-state index in [9.17, 15) is 0 Å². The van der Waals surface area contributed by atoms with E-state index in [0.717, 1.165) is 26.2 Å². The molecule has 0 aromatic carbocycles. The first-order valence-corrected chi connectivity index (χ1v) is 6.79. The zero-order valence-electron chi connectivity index (χ0n) is 11.3. The highest BCUT2D eigenvalue weighted by Crippen LogP contribution is 2.29. The summed E-state index contributed by atoms with van der Waals surface area (Å²) < 4.78 is 0. The van der Waals surface area contributed by atoms with Gasteiger partial charge in [0, 0.05) is 38.9 Å². The van der Waals surface area contributed by atoms with Gasteiger partial charge in [0.2, 0.25) is 0 Å². The zero-order valence-corrected chi connectivity index (χ0v) is 11.3. The van der Waals surface area contributed by atoms with E-state index in [0.29, 0.717) is 5.92 Å². The molecule has 3 nitrogen and oxygen atoms in total. The van der Waals surface area contributed by atoms with Gasteiger partial charge in [-0.15, -0.1) is 0 Å². The summed E-state index contributed by atoms with van der Waals surface area (Å²) in [5.74, 6) is 0.669. The van der Waals surface area contributed by atoms with Crippen molar-refractivity contribution in [1.29, 1.82) is 0 Å². The summed E-state index contributed by atoms with van der Waals surface area (Å²) in [5.41, 5.74) is 4.42. The molecular weight excluding hydrogens is 210 g/mol. The van der Waals surface area contributed by atoms with Gasteiger partial charge in [-0.3, -0.25) is 0 Å². The van der Waals surface area contributed by atoms with Crippen molar-refractivity contribution in [2.75, 3.05) is 33.2 Å². The van der Waals surface area contributed by atoms with E-state index < -0.39 is 0 Å². The Hall–Kier alpha value is -0.960. The third-order valence-corrected chi connectivity index (χ3v) is 3.80. The third-order valence-electron chi connectivity index (χ3n) is 3.80. The van der Waals surface area contributed by atoms with Crippen molar-refractivity contribution in [3.05, 3.63) is 23.0 Å². The topological polar surface area (TPSA) is 27.3 Å². The number of likely N-dealkylation sites (N-methyl/N-ethyl adjacent to an activating group) is 1. The van der Waals surface area contributed by atoms with E-state index in [1.807, 2.05) is 7.05 Å². The van der Waals surface area contributed by atoms with Crippen LogP contribution in [0.25, 0.3) is 0 Å². The van der Waals surface area contributed by atoms with Crippen LogP contribution in [-0.4, -0.2) is 38.1 Å². The molecule has 0 amide bonds. The van der Waals surface area contributed by atoms with E-state index in [1.54, 1.807) is 5.57 Å². The molecule has 1 aliphatic carbocycles. The summed E-state index contributed by atoms with van der Waals surface area (Å²) in [6.07, 6.45) is 4.79. The van der Waals surface area contributed by atoms with E-state index in [4.69, 9.17) is 0 Å². The highest BCUT2D eigenvalue weighted by atomic mass is 15.2. The number of allylic oxidation sites excluding steroid dienone is 3. The monoisotopic (exact) mass is 235 g/mol. The maximum absolute atomic E-state index is 3.41. The van der Waals surface area contributed by atoms with Gasteiger partial charge in [-0.2, -0.15) is 0 Å². The van der Waals surface area contributed by atoms with Crippen molar-refractivity contribution < 1.29 is 0 Å². The largest absolute Gasteiger partial charge is 0.387 e. The highest BCUT2D eigenvalue weighted by molar-refractivity contribution is 5.32. The minimum absolute atomic E-state index is 0.669. The molecule has 1 aliphatic heterocycles. The summed E-state index contributed by atoms with van der Waals surface area (Å²) >= 11 is 0. The fourth-order valence-corrected chi connectivity index (χ4v) is 2.67. The molecule has 96 valence electrons. The van der Waals surface area contributed by atoms with Gasteiger partial charge >= 0.3 is 0 Å². The molecule has 0 aromatic heterocycles. The zero-order chi connectivity index (χ0) is 12.3. The molecule has 3 heteroatoms. The van der Waals surface area contributed by atoms with Crippen LogP contribution in [0.2, 0.25) is 0 Å². The Balaban J connectivity index is 2.18. The standard InChI is InChI=1S/C14H25N3/c1-11(2)12-4-5-14(13(10-12)15-3)17-8-6-16-7-9-17/h10-11,15-16H,4-9H2,1-3H3. The summed E-state index contributed by atoms with van der Waals surface area (Å²) in [5, 5.41) is 6.79. The maximum Gasteiger partial charge on any atom is 0.0532 e. The average Bonchev–Trinajstić information content (AvgIpc) is 2.39. The lowest BCUT2D eigenvalue weighted by Crippen LogP contribution is -2.44. The maximum atomic E-state index is 3.41. The molecule has 0 saturated carbocycles. The fraction of sp³-hybridized carbons (Fsp3) is 0.714. The Morgan fingerprint density at radius 3 is 2.53 bits per heavy atom. The molecule has 2 aliphatic rings. The van der Waals surface area contributed by atoms with Gasteiger partial charge in [-0.25, -0.2) is 0 Å². The van der Waals surface area contributed by atoms with E-state index in [1.165, 1.54) is 24.2 Å². The highest BCUT2D eigenvalue weighted by Gasteiger charge is 2.20. The first kappa shape index (κ1) is 12.5. The Morgan fingerprint density at radius 1 is 1.24 bits per heavy atom. The van der Waals surface area contributed by atoms with E-state index in [2.05, 4.69) is 35.5 Å². The Bertz CT molecular complexity index is 322. The first-order chi connectivity index (χ1) is 8.22. The number of rotatable bonds is 3. The van der Waals surface area contributed by atoms with E-state index >= 15 is 0 Å². The molecule has 0 unspecified atom stereocenters. The molecule has 1 saturated heterocycles. The minimum Gasteiger partial charge on any atom is -0.387 e. The summed E-state index contributed by atoms with van der Waals surface area (Å²) in [7, 11) is 2.04. The van der Waals surface area contributed by atoms with Crippen LogP contribution in [0, 0.1) is 5.92 Å². The van der Waals surface area contributed by atoms with Gasteiger partial charge in [0.25, 0.3) is 0 Å². The van der Waals surface area contributed by atoms with Crippen molar-refractivity contribution in [1.82, 2.24) is 15.5 Å². The third kappa shape index (κ3) is 2.83. The Morgan fingerprint density at radius 2 is 1.94 bits per heavy atom. The first-order valence-electron chi connectivity index (χ1n) is 6.79. The van der Waals surface area contributed by atoms with Crippen LogP contribution in [0.15, 0.2) is 23.0 Å². The van der Waals surface area contributed by atoms with Crippen LogP contribution >= 0.6 is 0 Å². The van der Waals surface area contributed by atoms with Crippen LogP contribution in [-0.2, 0) is 0 Å². The quantitative estimate of drug-likeness (QED) is 0.779. The van der Waals surface area contributed by atoms with Gasteiger partial charge in [-0.05, 0) is 24.8 Å². The van der Waals surface area contributed by atoms with Crippen LogP contribution < -0.4 is 10.6 Å². The lowest BCUT2D eigenvalue weighted by Gasteiger charge is -2.35. The lowest BCUT2D eigenvalue weighted by molar-refractivity contribution is 0.284. The SMILES string of the molecule is CNC1=C(N2CCNCC2)CCC(C(C)C)=C1. The summed E-state index contributed by atoms with van der Waals surface area (Å²) in [6.45, 7) is 9.09. The van der Waals surface area contributed by atoms with Crippen LogP contribution in [0.1, 0.15) is 26.7 Å². The predicted molar refractivity (Wildman–Crippen MR) is 72.7 cm³/mol. The van der Waals surface area contributed by atoms with Crippen LogP contribution in [0.3, 0.4) is 0 Å². The molecule has 1 fully saturated rings. The fourth-order valence-electron chi connectivity index (χ4n) is 2.67. The van der Waals surface area contributed by atoms with Crippen LogP contribution in [0.4, 0.5) is 0 Å². The molecule has 2 rings (SSSR count). The number of hydrogen-bond donors (Lipinski definition) is 2. The second-order valence-corrected chi connectivity index (χ2v) is 5.22. The number of nitrogens with one attached hydrogen (secondary N) is 2. The van der Waals surface area contributed by atoms with Gasteiger partial charge < -0.3 is 15.5 Å². The number of piperazine rings is 1. The molecule has 0 atom stereocenters. The van der Waals surface area contributed by atoms with E-state index in [-0.39, 0.29) is 0 Å². The minimum atomic E-state index is 0.669. The van der Waals surface area contributed by atoms with Gasteiger partial charge in [0.1, 0.15) is 0 Å². The molecule has 1 heterocycles. The smallest absolute Gasteiger partial charge is 0.0532 e. The predicted octanol–water partition coefficient (Wildman–Crippen LogP) is 1.70. The molecule has 17 heavy (non-hydrogen) atoms. The van der Waals surface area contributed by atoms with Crippen molar-refractivity contribution in [2.45, 2.75) is 26.7 Å². The second-order valence-electron chi connectivity index (χ2n) is 5.22. The summed E-state index contributed by atoms with van der Waals surface area (Å²) in [4.78, 5) is 2.54. The number of nitrogens with zero attached hydrogens (tertiary/aromatic N) is 1. The molecule has 0 spiro atoms. The van der Waals surface area contributed by atoms with Crippen molar-refractivity contribution >= 4 is 0 Å². The summed E-state index contributed by atoms with van der Waals surface area (Å²) in [6, 6.07) is 0. The molecule has 0 bridgehead atoms. The van der Waals surface area contributed by atoms with Crippen molar-refractivity contribution in [2.24, 2.45) is 5.92 Å². The van der Waals surface area contributed by atoms with Crippen molar-refractivity contribution in [3.8, 4) is 0 Å². The number of hydrogen-bond acceptors (Lipinski definition) is 3. The van der Waals surface area contributed by atoms with Gasteiger partial charge in [0.05, 0.1) is 5.70 Å². The van der Waals surface area contributed by atoms with Crippen molar-refractivity contribution in [3.63, 3.8) is 0 Å². The molecule has 0 aromatic rings.